The lowest BCUT2D eigenvalue weighted by atomic mass is 10.1. The van der Waals surface area contributed by atoms with E-state index >= 15 is 0 Å². The number of imidazole rings is 1. The Morgan fingerprint density at radius 1 is 1.17 bits per heavy atom. The first-order valence-electron chi connectivity index (χ1n) is 9.76. The molecule has 10 heteroatoms. The van der Waals surface area contributed by atoms with E-state index in [1.165, 1.54) is 9.13 Å². The maximum absolute atomic E-state index is 12.8. The Labute approximate surface area is 183 Å². The van der Waals surface area contributed by atoms with Gasteiger partial charge in [-0.25, -0.2) is 9.78 Å². The van der Waals surface area contributed by atoms with Crippen molar-refractivity contribution >= 4 is 34.4 Å². The molecule has 0 bridgehead atoms. The van der Waals surface area contributed by atoms with Crippen molar-refractivity contribution in [2.45, 2.75) is 19.1 Å². The smallest absolute Gasteiger partial charge is 0.332 e. The normalized spacial score (nSPS) is 17.7. The zero-order valence-corrected chi connectivity index (χ0v) is 18.4. The predicted octanol–water partition coefficient (Wildman–Crippen LogP) is 2.20. The molecule has 3 heterocycles. The van der Waals surface area contributed by atoms with Gasteiger partial charge < -0.3 is 9.30 Å². The van der Waals surface area contributed by atoms with Gasteiger partial charge in [-0.3, -0.25) is 18.8 Å². The standard InChI is InChI=1S/C20H23Cl2N5O3/c1-24-12-23-18-17(24)19(28)27(20(29)25(18)2)7-3-6-26-8-9-30-16(11-26)13-4-5-14(21)15(22)10-13/h4-5,10,12,16H,3,6-9,11H2,1-2H3. The highest BCUT2D eigenvalue weighted by Crippen LogP contribution is 2.29. The van der Waals surface area contributed by atoms with Crippen molar-refractivity contribution in [3.05, 3.63) is 61.0 Å². The van der Waals surface area contributed by atoms with Gasteiger partial charge in [-0.05, 0) is 24.1 Å². The van der Waals surface area contributed by atoms with Crippen LogP contribution in [0, 0.1) is 0 Å². The van der Waals surface area contributed by atoms with Gasteiger partial charge in [0.2, 0.25) is 0 Å². The second-order valence-corrected chi connectivity index (χ2v) is 8.33. The number of aromatic nitrogens is 4. The summed E-state index contributed by atoms with van der Waals surface area (Å²) in [6, 6.07) is 5.54. The Kier molecular flexibility index (Phi) is 6.02. The summed E-state index contributed by atoms with van der Waals surface area (Å²) >= 11 is 12.1. The highest BCUT2D eigenvalue weighted by molar-refractivity contribution is 6.42. The fourth-order valence-electron chi connectivity index (χ4n) is 3.87. The van der Waals surface area contributed by atoms with Crippen LogP contribution >= 0.6 is 23.2 Å². The lowest BCUT2D eigenvalue weighted by molar-refractivity contribution is -0.0305. The molecule has 3 aromatic rings. The summed E-state index contributed by atoms with van der Waals surface area (Å²) in [7, 11) is 3.39. The molecule has 0 spiro atoms. The fraction of sp³-hybridized carbons (Fsp3) is 0.450. The van der Waals surface area contributed by atoms with E-state index in [-0.39, 0.29) is 17.4 Å². The first kappa shape index (κ1) is 21.1. The fourth-order valence-corrected chi connectivity index (χ4v) is 4.17. The maximum Gasteiger partial charge on any atom is 0.332 e. The molecule has 4 rings (SSSR count). The molecule has 1 aliphatic rings. The van der Waals surface area contributed by atoms with Crippen molar-refractivity contribution in [2.75, 3.05) is 26.2 Å². The van der Waals surface area contributed by atoms with Crippen LogP contribution in [-0.4, -0.2) is 49.8 Å². The number of morpholine rings is 1. The zero-order valence-electron chi connectivity index (χ0n) is 16.8. The van der Waals surface area contributed by atoms with Crippen LogP contribution < -0.4 is 11.2 Å². The van der Waals surface area contributed by atoms with Crippen molar-refractivity contribution < 1.29 is 4.74 Å². The van der Waals surface area contributed by atoms with Gasteiger partial charge in [-0.2, -0.15) is 0 Å². The molecule has 0 saturated carbocycles. The van der Waals surface area contributed by atoms with Crippen LogP contribution in [0.15, 0.2) is 34.1 Å². The number of fused-ring (bicyclic) bond motifs is 1. The van der Waals surface area contributed by atoms with Gasteiger partial charge >= 0.3 is 5.69 Å². The number of rotatable bonds is 5. The van der Waals surface area contributed by atoms with Crippen LogP contribution in [0.25, 0.3) is 11.2 Å². The molecule has 1 unspecified atom stereocenters. The largest absolute Gasteiger partial charge is 0.371 e. The Bertz CT molecular complexity index is 1200. The highest BCUT2D eigenvalue weighted by atomic mass is 35.5. The molecule has 0 N–H and O–H groups in total. The van der Waals surface area contributed by atoms with Gasteiger partial charge in [0, 0.05) is 40.3 Å². The van der Waals surface area contributed by atoms with Crippen molar-refractivity contribution in [3.63, 3.8) is 0 Å². The minimum absolute atomic E-state index is 0.0881. The molecule has 1 aliphatic heterocycles. The molecule has 1 fully saturated rings. The Morgan fingerprint density at radius 3 is 2.73 bits per heavy atom. The summed E-state index contributed by atoms with van der Waals surface area (Å²) in [6.45, 7) is 3.21. The third-order valence-electron chi connectivity index (χ3n) is 5.52. The quantitative estimate of drug-likeness (QED) is 0.594. The molecular weight excluding hydrogens is 429 g/mol. The van der Waals surface area contributed by atoms with Crippen LogP contribution in [0.1, 0.15) is 18.1 Å². The minimum atomic E-state index is -0.345. The summed E-state index contributed by atoms with van der Waals surface area (Å²) < 4.78 is 10.3. The van der Waals surface area contributed by atoms with Gasteiger partial charge in [-0.1, -0.05) is 29.3 Å². The molecule has 160 valence electrons. The summed E-state index contributed by atoms with van der Waals surface area (Å²) in [5, 5.41) is 1.03. The molecule has 1 aromatic carbocycles. The molecule has 0 radical (unpaired) electrons. The number of ether oxygens (including phenoxy) is 1. The van der Waals surface area contributed by atoms with E-state index in [0.29, 0.717) is 47.3 Å². The third kappa shape index (κ3) is 3.92. The average Bonchev–Trinajstić information content (AvgIpc) is 3.13. The number of halogens is 2. The van der Waals surface area contributed by atoms with Gasteiger partial charge in [0.05, 0.1) is 29.1 Å². The second kappa shape index (κ2) is 8.55. The molecule has 0 aliphatic carbocycles. The van der Waals surface area contributed by atoms with E-state index in [1.54, 1.807) is 31.1 Å². The second-order valence-electron chi connectivity index (χ2n) is 7.51. The number of benzene rings is 1. The maximum atomic E-state index is 12.8. The van der Waals surface area contributed by atoms with E-state index in [2.05, 4.69) is 9.88 Å². The van der Waals surface area contributed by atoms with Crippen LogP contribution in [0.4, 0.5) is 0 Å². The Morgan fingerprint density at radius 2 is 1.97 bits per heavy atom. The van der Waals surface area contributed by atoms with Crippen LogP contribution in [-0.2, 0) is 25.4 Å². The Balaban J connectivity index is 1.44. The highest BCUT2D eigenvalue weighted by Gasteiger charge is 2.22. The van der Waals surface area contributed by atoms with E-state index in [0.717, 1.165) is 18.7 Å². The summed E-state index contributed by atoms with van der Waals surface area (Å²) in [4.78, 5) is 31.8. The number of hydrogen-bond acceptors (Lipinski definition) is 5. The predicted molar refractivity (Wildman–Crippen MR) is 116 cm³/mol. The lowest BCUT2D eigenvalue weighted by Gasteiger charge is -2.33. The van der Waals surface area contributed by atoms with Crippen molar-refractivity contribution in [1.29, 1.82) is 0 Å². The first-order valence-corrected chi connectivity index (χ1v) is 10.5. The van der Waals surface area contributed by atoms with Crippen LogP contribution in [0.3, 0.4) is 0 Å². The third-order valence-corrected chi connectivity index (χ3v) is 6.26. The van der Waals surface area contributed by atoms with E-state index in [9.17, 15) is 9.59 Å². The van der Waals surface area contributed by atoms with Crippen molar-refractivity contribution in [2.24, 2.45) is 14.1 Å². The SMILES string of the molecule is Cn1cnc2c1c(=O)n(CCCN1CCOC(c3ccc(Cl)c(Cl)c3)C1)c(=O)n2C. The lowest BCUT2D eigenvalue weighted by Crippen LogP contribution is -2.42. The molecule has 1 saturated heterocycles. The van der Waals surface area contributed by atoms with Crippen LogP contribution in [0.5, 0.6) is 0 Å². The topological polar surface area (TPSA) is 74.3 Å². The summed E-state index contributed by atoms with van der Waals surface area (Å²) in [5.74, 6) is 0. The summed E-state index contributed by atoms with van der Waals surface area (Å²) in [6.07, 6.45) is 2.13. The van der Waals surface area contributed by atoms with Crippen molar-refractivity contribution in [1.82, 2.24) is 23.6 Å². The van der Waals surface area contributed by atoms with Crippen molar-refractivity contribution in [3.8, 4) is 0 Å². The molecule has 8 nitrogen and oxygen atoms in total. The minimum Gasteiger partial charge on any atom is -0.371 e. The van der Waals surface area contributed by atoms with E-state index < -0.39 is 0 Å². The molecule has 0 amide bonds. The van der Waals surface area contributed by atoms with Gasteiger partial charge in [0.25, 0.3) is 5.56 Å². The zero-order chi connectivity index (χ0) is 21.4. The van der Waals surface area contributed by atoms with E-state index in [4.69, 9.17) is 27.9 Å². The number of nitrogens with zero attached hydrogens (tertiary/aromatic N) is 5. The monoisotopic (exact) mass is 451 g/mol. The van der Waals surface area contributed by atoms with Gasteiger partial charge in [0.15, 0.2) is 11.2 Å². The molecule has 2 aromatic heterocycles. The first-order chi connectivity index (χ1) is 14.4. The Hall–Kier alpha value is -2.13. The van der Waals surface area contributed by atoms with Crippen LogP contribution in [0.2, 0.25) is 10.0 Å². The van der Waals surface area contributed by atoms with Gasteiger partial charge in [0.1, 0.15) is 0 Å². The summed E-state index contributed by atoms with van der Waals surface area (Å²) in [5.41, 5.74) is 1.18. The van der Waals surface area contributed by atoms with E-state index in [1.807, 2.05) is 12.1 Å². The molecule has 30 heavy (non-hydrogen) atoms. The average molecular weight is 452 g/mol. The number of hydrogen-bond donors (Lipinski definition) is 0. The molecular formula is C20H23Cl2N5O3. The number of aryl methyl sites for hydroxylation is 2. The van der Waals surface area contributed by atoms with Gasteiger partial charge in [-0.15, -0.1) is 0 Å². The molecule has 1 atom stereocenters.